The minimum Gasteiger partial charge on any atom is -0.316 e. The zero-order valence-electron chi connectivity index (χ0n) is 14.3. The number of thiazole rings is 1. The van der Waals surface area contributed by atoms with Crippen molar-refractivity contribution in [2.45, 2.75) is 32.4 Å². The average molecular weight is 383 g/mol. The molecule has 1 unspecified atom stereocenters. The number of hydrogen-bond donors (Lipinski definition) is 2. The molecule has 0 aliphatic carbocycles. The van der Waals surface area contributed by atoms with Gasteiger partial charge in [-0.1, -0.05) is 18.2 Å². The number of aromatic nitrogens is 1. The van der Waals surface area contributed by atoms with Crippen LogP contribution in [0.15, 0.2) is 24.3 Å². The molecular formula is C18H20F3N3OS. The maximum absolute atomic E-state index is 12.8. The summed E-state index contributed by atoms with van der Waals surface area (Å²) >= 11 is 1.32. The van der Waals surface area contributed by atoms with Crippen molar-refractivity contribution in [3.63, 3.8) is 0 Å². The van der Waals surface area contributed by atoms with Gasteiger partial charge >= 0.3 is 6.18 Å². The third-order valence-corrected chi connectivity index (χ3v) is 5.43. The Bertz CT molecular complexity index is 782. The summed E-state index contributed by atoms with van der Waals surface area (Å²) in [6, 6.07) is 5.25. The van der Waals surface area contributed by atoms with Gasteiger partial charge in [0.15, 0.2) is 0 Å². The first-order valence-corrected chi connectivity index (χ1v) is 9.28. The molecule has 8 heteroatoms. The molecule has 1 saturated heterocycles. The second kappa shape index (κ2) is 7.75. The van der Waals surface area contributed by atoms with Crippen LogP contribution in [0.1, 0.15) is 34.7 Å². The Morgan fingerprint density at radius 1 is 1.42 bits per heavy atom. The molecule has 2 N–H and O–H groups in total. The Morgan fingerprint density at radius 2 is 2.23 bits per heavy atom. The second-order valence-corrected chi connectivity index (χ2v) is 7.51. The first-order chi connectivity index (χ1) is 12.3. The van der Waals surface area contributed by atoms with Crippen LogP contribution in [0, 0.1) is 12.8 Å². The van der Waals surface area contributed by atoms with E-state index in [9.17, 15) is 18.0 Å². The molecule has 0 spiro atoms. The van der Waals surface area contributed by atoms with Crippen LogP contribution in [0.3, 0.4) is 0 Å². The predicted octanol–water partition coefficient (Wildman–Crippen LogP) is 4.00. The highest BCUT2D eigenvalue weighted by Gasteiger charge is 2.30. The molecule has 2 aromatic rings. The maximum atomic E-state index is 12.8. The van der Waals surface area contributed by atoms with E-state index in [4.69, 9.17) is 0 Å². The fraction of sp³-hybridized carbons (Fsp3) is 0.444. The molecule has 0 radical (unpaired) electrons. The van der Waals surface area contributed by atoms with E-state index in [0.29, 0.717) is 34.2 Å². The number of carbonyl (C=O) groups is 1. The Balaban J connectivity index is 1.69. The zero-order chi connectivity index (χ0) is 18.7. The lowest BCUT2D eigenvalue weighted by atomic mass is 9.99. The number of amides is 1. The minimum atomic E-state index is -4.36. The molecule has 3 rings (SSSR count). The van der Waals surface area contributed by atoms with Gasteiger partial charge in [-0.2, -0.15) is 13.2 Å². The van der Waals surface area contributed by atoms with Crippen molar-refractivity contribution in [3.8, 4) is 0 Å². The summed E-state index contributed by atoms with van der Waals surface area (Å²) in [5, 5.41) is 7.47. The molecule has 1 aromatic heterocycles. The zero-order valence-corrected chi connectivity index (χ0v) is 15.1. The van der Waals surface area contributed by atoms with E-state index in [1.54, 1.807) is 13.0 Å². The fourth-order valence-electron chi connectivity index (χ4n) is 2.97. The van der Waals surface area contributed by atoms with Crippen LogP contribution in [0.4, 0.5) is 18.2 Å². The molecule has 1 aromatic carbocycles. The number of anilines is 1. The van der Waals surface area contributed by atoms with Crippen molar-refractivity contribution in [2.24, 2.45) is 5.92 Å². The van der Waals surface area contributed by atoms with Crippen molar-refractivity contribution in [3.05, 3.63) is 46.1 Å². The third kappa shape index (κ3) is 4.62. The normalized spacial score (nSPS) is 17.9. The Labute approximate surface area is 153 Å². The number of halogens is 3. The molecule has 4 nitrogen and oxygen atoms in total. The highest BCUT2D eigenvalue weighted by atomic mass is 32.1. The monoisotopic (exact) mass is 383 g/mol. The van der Waals surface area contributed by atoms with E-state index in [0.717, 1.165) is 31.5 Å². The van der Waals surface area contributed by atoms with Crippen LogP contribution in [-0.2, 0) is 17.4 Å². The standard InChI is InChI=1S/C18H20F3N3OS/c1-11-17(24-16(25)13-5-3-7-22-10-13)26-15(23-11)9-12-4-2-6-14(8-12)18(19,20)21/h2,4,6,8,13,22H,3,5,7,9-10H2,1H3,(H,24,25). The summed E-state index contributed by atoms with van der Waals surface area (Å²) in [4.78, 5) is 16.7. The average Bonchev–Trinajstić information content (AvgIpc) is 2.94. The van der Waals surface area contributed by atoms with Crippen molar-refractivity contribution >= 4 is 22.2 Å². The fourth-order valence-corrected chi connectivity index (χ4v) is 3.97. The van der Waals surface area contributed by atoms with Gasteiger partial charge in [0, 0.05) is 13.0 Å². The Morgan fingerprint density at radius 3 is 2.92 bits per heavy atom. The van der Waals surface area contributed by atoms with Gasteiger partial charge in [-0.3, -0.25) is 4.79 Å². The summed E-state index contributed by atoms with van der Waals surface area (Å²) < 4.78 is 38.5. The van der Waals surface area contributed by atoms with Gasteiger partial charge < -0.3 is 10.6 Å². The summed E-state index contributed by atoms with van der Waals surface area (Å²) in [5.41, 5.74) is 0.568. The molecule has 26 heavy (non-hydrogen) atoms. The van der Waals surface area contributed by atoms with Crippen molar-refractivity contribution in [2.75, 3.05) is 18.4 Å². The number of nitrogens with zero attached hydrogens (tertiary/aromatic N) is 1. The van der Waals surface area contributed by atoms with Gasteiger partial charge in [0.05, 0.1) is 22.2 Å². The van der Waals surface area contributed by atoms with Crippen LogP contribution in [0.5, 0.6) is 0 Å². The molecule has 1 aliphatic heterocycles. The number of carbonyl (C=O) groups excluding carboxylic acids is 1. The molecule has 140 valence electrons. The smallest absolute Gasteiger partial charge is 0.316 e. The summed E-state index contributed by atoms with van der Waals surface area (Å²) in [7, 11) is 0. The number of hydrogen-bond acceptors (Lipinski definition) is 4. The highest BCUT2D eigenvalue weighted by molar-refractivity contribution is 7.16. The molecule has 2 heterocycles. The summed E-state index contributed by atoms with van der Waals surface area (Å²) in [5.74, 6) is -0.0910. The first-order valence-electron chi connectivity index (χ1n) is 8.47. The van der Waals surface area contributed by atoms with E-state index in [1.165, 1.54) is 17.4 Å². The summed E-state index contributed by atoms with van der Waals surface area (Å²) in [6.07, 6.45) is -2.23. The molecule has 1 aliphatic rings. The van der Waals surface area contributed by atoms with Gasteiger partial charge in [-0.05, 0) is 37.9 Å². The first kappa shape index (κ1) is 18.8. The largest absolute Gasteiger partial charge is 0.416 e. The molecule has 0 saturated carbocycles. The van der Waals surface area contributed by atoms with Gasteiger partial charge in [-0.15, -0.1) is 11.3 Å². The predicted molar refractivity (Wildman–Crippen MR) is 95.3 cm³/mol. The lowest BCUT2D eigenvalue weighted by Gasteiger charge is -2.21. The van der Waals surface area contributed by atoms with Crippen LogP contribution in [0.25, 0.3) is 0 Å². The molecule has 1 atom stereocenters. The Hall–Kier alpha value is -1.93. The van der Waals surface area contributed by atoms with Crippen LogP contribution in [-0.4, -0.2) is 24.0 Å². The van der Waals surface area contributed by atoms with Gasteiger partial charge in [0.2, 0.25) is 5.91 Å². The number of piperidine rings is 1. The molecule has 1 fully saturated rings. The van der Waals surface area contributed by atoms with Crippen LogP contribution in [0.2, 0.25) is 0 Å². The summed E-state index contributed by atoms with van der Waals surface area (Å²) in [6.45, 7) is 3.39. The van der Waals surface area contributed by atoms with E-state index in [2.05, 4.69) is 15.6 Å². The van der Waals surface area contributed by atoms with Crippen LogP contribution < -0.4 is 10.6 Å². The number of rotatable bonds is 4. The quantitative estimate of drug-likeness (QED) is 0.839. The molecule has 1 amide bonds. The van der Waals surface area contributed by atoms with Crippen molar-refractivity contribution < 1.29 is 18.0 Å². The molecule has 0 bridgehead atoms. The molecular weight excluding hydrogens is 363 g/mol. The Kier molecular flexibility index (Phi) is 5.62. The highest BCUT2D eigenvalue weighted by Crippen LogP contribution is 2.31. The van der Waals surface area contributed by atoms with Crippen LogP contribution >= 0.6 is 11.3 Å². The van der Waals surface area contributed by atoms with Gasteiger partial charge in [-0.25, -0.2) is 4.98 Å². The van der Waals surface area contributed by atoms with Gasteiger partial charge in [0.1, 0.15) is 5.00 Å². The lowest BCUT2D eigenvalue weighted by Crippen LogP contribution is -2.37. The van der Waals surface area contributed by atoms with E-state index < -0.39 is 11.7 Å². The van der Waals surface area contributed by atoms with Gasteiger partial charge in [0.25, 0.3) is 0 Å². The minimum absolute atomic E-state index is 0.0328. The second-order valence-electron chi connectivity index (χ2n) is 6.43. The number of benzene rings is 1. The van der Waals surface area contributed by atoms with E-state index in [1.807, 2.05) is 0 Å². The topological polar surface area (TPSA) is 54.0 Å². The lowest BCUT2D eigenvalue weighted by molar-refractivity contribution is -0.137. The number of nitrogens with one attached hydrogen (secondary N) is 2. The third-order valence-electron chi connectivity index (χ3n) is 4.35. The van der Waals surface area contributed by atoms with Crippen molar-refractivity contribution in [1.29, 1.82) is 0 Å². The number of alkyl halides is 3. The SMILES string of the molecule is Cc1nc(Cc2cccc(C(F)(F)F)c2)sc1NC(=O)C1CCCNC1. The maximum Gasteiger partial charge on any atom is 0.416 e. The number of aryl methyl sites for hydroxylation is 1. The van der Waals surface area contributed by atoms with E-state index >= 15 is 0 Å². The van der Waals surface area contributed by atoms with E-state index in [-0.39, 0.29) is 11.8 Å². The van der Waals surface area contributed by atoms with Crippen molar-refractivity contribution in [1.82, 2.24) is 10.3 Å².